The summed E-state index contributed by atoms with van der Waals surface area (Å²) >= 11 is 5.93. The van der Waals surface area contributed by atoms with Crippen LogP contribution >= 0.6 is 11.6 Å². The number of benzene rings is 1. The van der Waals surface area contributed by atoms with Gasteiger partial charge in [0, 0.05) is 6.07 Å². The van der Waals surface area contributed by atoms with Crippen molar-refractivity contribution in [2.45, 2.75) is 37.8 Å². The van der Waals surface area contributed by atoms with Gasteiger partial charge >= 0.3 is 0 Å². The molecule has 1 aromatic carbocycles. The van der Waals surface area contributed by atoms with Crippen LogP contribution in [-0.4, -0.2) is 21.0 Å². The molecular weight excluding hydrogens is 350 g/mol. The van der Waals surface area contributed by atoms with Crippen LogP contribution in [0.15, 0.2) is 22.7 Å². The predicted octanol–water partition coefficient (Wildman–Crippen LogP) is 2.29. The first-order chi connectivity index (χ1) is 11.9. The van der Waals surface area contributed by atoms with Crippen LogP contribution < -0.4 is 11.1 Å². The number of carbonyl (C=O) groups is 1. The zero-order chi connectivity index (χ0) is 18.0. The molecule has 9 nitrogen and oxygen atoms in total. The van der Waals surface area contributed by atoms with Crippen molar-refractivity contribution in [2.24, 2.45) is 5.73 Å². The van der Waals surface area contributed by atoms with E-state index in [1.54, 1.807) is 0 Å². The molecule has 1 fully saturated rings. The van der Waals surface area contributed by atoms with Crippen LogP contribution in [0, 0.1) is 10.1 Å². The first-order valence-corrected chi connectivity index (χ1v) is 8.11. The first-order valence-electron chi connectivity index (χ1n) is 7.74. The molecule has 132 valence electrons. The van der Waals surface area contributed by atoms with Gasteiger partial charge in [-0.3, -0.25) is 14.9 Å². The van der Waals surface area contributed by atoms with E-state index >= 15 is 0 Å². The molecule has 25 heavy (non-hydrogen) atoms. The van der Waals surface area contributed by atoms with E-state index in [9.17, 15) is 14.9 Å². The molecule has 1 aliphatic rings. The molecule has 1 aliphatic carbocycles. The van der Waals surface area contributed by atoms with E-state index in [-0.39, 0.29) is 28.7 Å². The lowest BCUT2D eigenvalue weighted by Crippen LogP contribution is -2.34. The van der Waals surface area contributed by atoms with Gasteiger partial charge in [-0.25, -0.2) is 0 Å². The number of nitrogens with zero attached hydrogens (tertiary/aromatic N) is 3. The summed E-state index contributed by atoms with van der Waals surface area (Å²) in [6.07, 6.45) is 3.58. The molecule has 0 bridgehead atoms. The van der Waals surface area contributed by atoms with Crippen molar-refractivity contribution in [3.05, 3.63) is 50.6 Å². The van der Waals surface area contributed by atoms with Crippen LogP contribution in [0.4, 0.5) is 5.69 Å². The standard InChI is InChI=1S/C15H16ClN5O4/c16-9-4-3-5-10(21(23)24)12(9)13(22)18-8-11-19-14(20-25-11)15(17)6-1-2-7-15/h3-5H,1-2,6-8,17H2,(H,18,22). The Kier molecular flexibility index (Phi) is 4.69. The van der Waals surface area contributed by atoms with Gasteiger partial charge in [-0.15, -0.1) is 0 Å². The Morgan fingerprint density at radius 3 is 2.84 bits per heavy atom. The van der Waals surface area contributed by atoms with E-state index in [4.69, 9.17) is 21.9 Å². The molecule has 0 atom stereocenters. The molecule has 3 rings (SSSR count). The minimum atomic E-state index is -0.694. The van der Waals surface area contributed by atoms with Gasteiger partial charge in [0.15, 0.2) is 5.82 Å². The van der Waals surface area contributed by atoms with Crippen molar-refractivity contribution in [3.63, 3.8) is 0 Å². The number of aromatic nitrogens is 2. The highest BCUT2D eigenvalue weighted by molar-refractivity contribution is 6.34. The molecule has 0 radical (unpaired) electrons. The van der Waals surface area contributed by atoms with Crippen molar-refractivity contribution in [1.29, 1.82) is 0 Å². The van der Waals surface area contributed by atoms with Crippen molar-refractivity contribution in [2.75, 3.05) is 0 Å². The van der Waals surface area contributed by atoms with Gasteiger partial charge in [-0.1, -0.05) is 35.7 Å². The molecule has 1 heterocycles. The lowest BCUT2D eigenvalue weighted by atomic mass is 9.99. The van der Waals surface area contributed by atoms with Gasteiger partial charge in [0.1, 0.15) is 5.56 Å². The third-order valence-corrected chi connectivity index (χ3v) is 4.54. The van der Waals surface area contributed by atoms with Crippen molar-refractivity contribution in [1.82, 2.24) is 15.5 Å². The number of amides is 1. The summed E-state index contributed by atoms with van der Waals surface area (Å²) in [5, 5.41) is 17.4. The number of rotatable bonds is 5. The zero-order valence-electron chi connectivity index (χ0n) is 13.2. The topological polar surface area (TPSA) is 137 Å². The summed E-state index contributed by atoms with van der Waals surface area (Å²) in [4.78, 5) is 26.9. The van der Waals surface area contributed by atoms with Crippen LogP contribution in [0.5, 0.6) is 0 Å². The highest BCUT2D eigenvalue weighted by atomic mass is 35.5. The molecule has 10 heteroatoms. The van der Waals surface area contributed by atoms with E-state index < -0.39 is 16.4 Å². The first kappa shape index (κ1) is 17.3. The van der Waals surface area contributed by atoms with Crippen LogP contribution in [0.2, 0.25) is 5.02 Å². The van der Waals surface area contributed by atoms with Gasteiger partial charge in [0.25, 0.3) is 11.6 Å². The van der Waals surface area contributed by atoms with E-state index in [2.05, 4.69) is 15.5 Å². The van der Waals surface area contributed by atoms with Gasteiger partial charge < -0.3 is 15.6 Å². The number of hydrogen-bond donors (Lipinski definition) is 2. The average molecular weight is 366 g/mol. The number of hydrogen-bond acceptors (Lipinski definition) is 7. The second-order valence-corrected chi connectivity index (χ2v) is 6.36. The van der Waals surface area contributed by atoms with E-state index in [0.717, 1.165) is 25.7 Å². The highest BCUT2D eigenvalue weighted by Gasteiger charge is 2.36. The Morgan fingerprint density at radius 1 is 1.44 bits per heavy atom. The maximum Gasteiger partial charge on any atom is 0.283 e. The lowest BCUT2D eigenvalue weighted by molar-refractivity contribution is -0.385. The van der Waals surface area contributed by atoms with Gasteiger partial charge in [0.2, 0.25) is 5.89 Å². The van der Waals surface area contributed by atoms with Crippen molar-refractivity contribution < 1.29 is 14.2 Å². The molecule has 0 saturated heterocycles. The van der Waals surface area contributed by atoms with Crippen LogP contribution in [0.1, 0.15) is 47.8 Å². The Labute approximate surface area is 147 Å². The summed E-state index contributed by atoms with van der Waals surface area (Å²) in [7, 11) is 0. The Bertz CT molecular complexity index is 816. The monoisotopic (exact) mass is 365 g/mol. The van der Waals surface area contributed by atoms with Crippen molar-refractivity contribution >= 4 is 23.2 Å². The fraction of sp³-hybridized carbons (Fsp3) is 0.400. The minimum Gasteiger partial charge on any atom is -0.343 e. The summed E-state index contributed by atoms with van der Waals surface area (Å²) in [6, 6.07) is 4.03. The third-order valence-electron chi connectivity index (χ3n) is 4.22. The molecular formula is C15H16ClN5O4. The number of nitrogens with two attached hydrogens (primary N) is 1. The number of halogens is 1. The number of carbonyl (C=O) groups excluding carboxylic acids is 1. The average Bonchev–Trinajstić information content (AvgIpc) is 3.22. The van der Waals surface area contributed by atoms with Gasteiger partial charge in [-0.05, 0) is 18.9 Å². The molecule has 2 aromatic rings. The predicted molar refractivity (Wildman–Crippen MR) is 87.9 cm³/mol. The van der Waals surface area contributed by atoms with E-state index in [1.807, 2.05) is 0 Å². The Hall–Kier alpha value is -2.52. The molecule has 3 N–H and O–H groups in total. The van der Waals surface area contributed by atoms with E-state index in [1.165, 1.54) is 18.2 Å². The van der Waals surface area contributed by atoms with Crippen LogP contribution in [0.25, 0.3) is 0 Å². The van der Waals surface area contributed by atoms with Gasteiger partial charge in [-0.2, -0.15) is 4.98 Å². The largest absolute Gasteiger partial charge is 0.343 e. The summed E-state index contributed by atoms with van der Waals surface area (Å²) in [5.41, 5.74) is 5.08. The molecule has 1 aromatic heterocycles. The number of nitro groups is 1. The van der Waals surface area contributed by atoms with Crippen LogP contribution in [0.3, 0.4) is 0 Å². The fourth-order valence-electron chi connectivity index (χ4n) is 2.89. The van der Waals surface area contributed by atoms with Crippen molar-refractivity contribution in [3.8, 4) is 0 Å². The fourth-order valence-corrected chi connectivity index (χ4v) is 3.15. The van der Waals surface area contributed by atoms with Gasteiger partial charge in [0.05, 0.1) is 22.0 Å². The summed E-state index contributed by atoms with van der Waals surface area (Å²) in [6.45, 7) is -0.0791. The quantitative estimate of drug-likeness (QED) is 0.612. The molecule has 0 unspecified atom stereocenters. The SMILES string of the molecule is NC1(c2noc(CNC(=O)c3c(Cl)cccc3[N+](=O)[O-])n2)CCCC1. The Balaban J connectivity index is 1.72. The second kappa shape index (κ2) is 6.77. The molecule has 1 amide bonds. The second-order valence-electron chi connectivity index (χ2n) is 5.95. The van der Waals surface area contributed by atoms with Crippen LogP contribution in [-0.2, 0) is 12.1 Å². The molecule has 0 spiro atoms. The summed E-state index contributed by atoms with van der Waals surface area (Å²) in [5.74, 6) is -0.104. The molecule has 0 aliphatic heterocycles. The maximum absolute atomic E-state index is 12.3. The zero-order valence-corrected chi connectivity index (χ0v) is 14.0. The van der Waals surface area contributed by atoms with E-state index in [0.29, 0.717) is 5.82 Å². The highest BCUT2D eigenvalue weighted by Crippen LogP contribution is 2.34. The third kappa shape index (κ3) is 3.47. The number of nitrogens with one attached hydrogen (secondary N) is 1. The Morgan fingerprint density at radius 2 is 2.16 bits per heavy atom. The molecule has 1 saturated carbocycles. The normalized spacial score (nSPS) is 15.9. The lowest BCUT2D eigenvalue weighted by Gasteiger charge is -2.17. The smallest absolute Gasteiger partial charge is 0.283 e. The maximum atomic E-state index is 12.3. The number of nitro benzene ring substituents is 1. The summed E-state index contributed by atoms with van der Waals surface area (Å²) < 4.78 is 5.11. The minimum absolute atomic E-state index is 0.00946.